The van der Waals surface area contributed by atoms with Crippen LogP contribution in [0.2, 0.25) is 0 Å². The minimum atomic E-state index is 0.212. The number of amides is 1. The Morgan fingerprint density at radius 2 is 2.09 bits per heavy atom. The van der Waals surface area contributed by atoms with E-state index in [0.717, 1.165) is 44.6 Å². The van der Waals surface area contributed by atoms with Gasteiger partial charge in [0.2, 0.25) is 5.91 Å². The molecule has 1 saturated heterocycles. The summed E-state index contributed by atoms with van der Waals surface area (Å²) >= 11 is 0. The summed E-state index contributed by atoms with van der Waals surface area (Å²) in [4.78, 5) is 14.1. The average Bonchev–Trinajstić information content (AvgIpc) is 2.55. The molecule has 3 N–H and O–H groups in total. The molecule has 0 saturated carbocycles. The van der Waals surface area contributed by atoms with E-state index in [0.29, 0.717) is 18.2 Å². The van der Waals surface area contributed by atoms with Crippen LogP contribution in [0.25, 0.3) is 0 Å². The van der Waals surface area contributed by atoms with Gasteiger partial charge in [-0.05, 0) is 61.9 Å². The lowest BCUT2D eigenvalue weighted by Crippen LogP contribution is -2.42. The van der Waals surface area contributed by atoms with Gasteiger partial charge in [0.1, 0.15) is 5.75 Å². The zero-order valence-corrected chi connectivity index (χ0v) is 14.5. The van der Waals surface area contributed by atoms with E-state index in [9.17, 15) is 4.79 Å². The molecule has 1 aromatic rings. The van der Waals surface area contributed by atoms with Crippen molar-refractivity contribution >= 4 is 11.6 Å². The summed E-state index contributed by atoms with van der Waals surface area (Å²) < 4.78 is 5.35. The van der Waals surface area contributed by atoms with Crippen LogP contribution in [-0.2, 0) is 4.79 Å². The Morgan fingerprint density at radius 1 is 1.39 bits per heavy atom. The molecule has 0 bridgehead atoms. The Hall–Kier alpha value is -1.75. The van der Waals surface area contributed by atoms with E-state index in [1.54, 1.807) is 7.11 Å². The number of nitrogens with zero attached hydrogens (tertiary/aromatic N) is 1. The van der Waals surface area contributed by atoms with Crippen LogP contribution in [0.15, 0.2) is 12.1 Å². The zero-order valence-electron chi connectivity index (χ0n) is 14.5. The molecule has 0 unspecified atom stereocenters. The largest absolute Gasteiger partial charge is 0.495 e. The lowest BCUT2D eigenvalue weighted by atomic mass is 9.86. The van der Waals surface area contributed by atoms with E-state index in [1.165, 1.54) is 11.1 Å². The minimum absolute atomic E-state index is 0.212. The highest BCUT2D eigenvalue weighted by molar-refractivity contribution is 5.78. The maximum atomic E-state index is 12.2. The van der Waals surface area contributed by atoms with Crippen LogP contribution >= 0.6 is 0 Å². The fourth-order valence-electron chi connectivity index (χ4n) is 3.27. The first-order valence-electron chi connectivity index (χ1n) is 8.49. The highest BCUT2D eigenvalue weighted by Crippen LogP contribution is 2.35. The number of rotatable bonds is 6. The van der Waals surface area contributed by atoms with Crippen LogP contribution < -0.4 is 15.8 Å². The molecular weight excluding hydrogens is 290 g/mol. The number of carbonyl (C=O) groups excluding carboxylic acids is 1. The Kier molecular flexibility index (Phi) is 6.28. The quantitative estimate of drug-likeness (QED) is 0.623. The first-order chi connectivity index (χ1) is 11.1. The molecule has 1 aliphatic heterocycles. The molecule has 0 spiro atoms. The number of nitrogens with one attached hydrogen (secondary N) is 1. The molecule has 5 nitrogen and oxygen atoms in total. The van der Waals surface area contributed by atoms with E-state index >= 15 is 0 Å². The van der Waals surface area contributed by atoms with Crippen molar-refractivity contribution in [3.8, 4) is 5.75 Å². The third-order valence-electron chi connectivity index (χ3n) is 4.61. The number of likely N-dealkylation sites (tertiary alicyclic amines) is 1. The summed E-state index contributed by atoms with van der Waals surface area (Å²) in [5.74, 6) is 1.42. The average molecular weight is 319 g/mol. The third-order valence-corrected chi connectivity index (χ3v) is 4.61. The standard InChI is InChI=1S/C18H29N3O2/c1-4-7-20-12-18(22)21-8-5-14(6-9-21)15-11-17(23-3)16(19)10-13(15)2/h10-11,14,20H,4-9,12,19H2,1-3H3. The second kappa shape index (κ2) is 8.20. The fourth-order valence-corrected chi connectivity index (χ4v) is 3.27. The Bertz CT molecular complexity index is 537. The summed E-state index contributed by atoms with van der Waals surface area (Å²) in [6.45, 7) is 7.19. The Labute approximate surface area is 139 Å². The van der Waals surface area contributed by atoms with Gasteiger partial charge in [0.25, 0.3) is 0 Å². The molecule has 2 rings (SSSR count). The molecule has 0 radical (unpaired) electrons. The van der Waals surface area contributed by atoms with Crippen molar-refractivity contribution in [2.75, 3.05) is 39.0 Å². The van der Waals surface area contributed by atoms with E-state index in [2.05, 4.69) is 25.2 Å². The summed E-state index contributed by atoms with van der Waals surface area (Å²) in [6, 6.07) is 4.05. The maximum absolute atomic E-state index is 12.2. The van der Waals surface area contributed by atoms with E-state index in [4.69, 9.17) is 10.5 Å². The van der Waals surface area contributed by atoms with Gasteiger partial charge in [-0.25, -0.2) is 0 Å². The SMILES string of the molecule is CCCNCC(=O)N1CCC(c2cc(OC)c(N)cc2C)CC1. The molecule has 0 aliphatic carbocycles. The number of aryl methyl sites for hydroxylation is 1. The van der Waals surface area contributed by atoms with Gasteiger partial charge >= 0.3 is 0 Å². The summed E-state index contributed by atoms with van der Waals surface area (Å²) in [7, 11) is 1.65. The highest BCUT2D eigenvalue weighted by atomic mass is 16.5. The second-order valence-electron chi connectivity index (χ2n) is 6.28. The van der Waals surface area contributed by atoms with Gasteiger partial charge < -0.3 is 20.7 Å². The summed E-state index contributed by atoms with van der Waals surface area (Å²) in [5.41, 5.74) is 9.15. The fraction of sp³-hybridized carbons (Fsp3) is 0.611. The summed E-state index contributed by atoms with van der Waals surface area (Å²) in [5, 5.41) is 3.18. The lowest BCUT2D eigenvalue weighted by Gasteiger charge is -2.33. The molecule has 1 aromatic carbocycles. The van der Waals surface area contributed by atoms with Crippen LogP contribution in [-0.4, -0.2) is 44.1 Å². The van der Waals surface area contributed by atoms with Crippen molar-refractivity contribution in [1.29, 1.82) is 0 Å². The zero-order chi connectivity index (χ0) is 16.8. The number of benzene rings is 1. The molecule has 0 aromatic heterocycles. The predicted octanol–water partition coefficient (Wildman–Crippen LogP) is 2.29. The molecule has 5 heteroatoms. The number of anilines is 1. The molecule has 1 amide bonds. The molecular formula is C18H29N3O2. The molecule has 1 fully saturated rings. The first kappa shape index (κ1) is 17.6. The molecule has 23 heavy (non-hydrogen) atoms. The van der Waals surface area contributed by atoms with E-state index in [-0.39, 0.29) is 5.91 Å². The maximum Gasteiger partial charge on any atom is 0.236 e. The van der Waals surface area contributed by atoms with Gasteiger partial charge in [-0.15, -0.1) is 0 Å². The normalized spacial score (nSPS) is 15.7. The number of hydrogen-bond donors (Lipinski definition) is 2. The highest BCUT2D eigenvalue weighted by Gasteiger charge is 2.25. The van der Waals surface area contributed by atoms with Gasteiger partial charge in [-0.2, -0.15) is 0 Å². The predicted molar refractivity (Wildman–Crippen MR) is 93.9 cm³/mol. The van der Waals surface area contributed by atoms with Crippen molar-refractivity contribution in [1.82, 2.24) is 10.2 Å². The topological polar surface area (TPSA) is 67.6 Å². The molecule has 1 heterocycles. The summed E-state index contributed by atoms with van der Waals surface area (Å²) in [6.07, 6.45) is 3.04. The first-order valence-corrected chi connectivity index (χ1v) is 8.49. The second-order valence-corrected chi connectivity index (χ2v) is 6.28. The van der Waals surface area contributed by atoms with Gasteiger partial charge in [-0.3, -0.25) is 4.79 Å². The number of carbonyl (C=O) groups is 1. The van der Waals surface area contributed by atoms with Crippen LogP contribution in [0.4, 0.5) is 5.69 Å². The van der Waals surface area contributed by atoms with Gasteiger partial charge in [0.05, 0.1) is 19.3 Å². The Morgan fingerprint density at radius 3 is 2.70 bits per heavy atom. The van der Waals surface area contributed by atoms with Crippen LogP contribution in [0.3, 0.4) is 0 Å². The van der Waals surface area contributed by atoms with Crippen LogP contribution in [0, 0.1) is 6.92 Å². The Balaban J connectivity index is 1.95. The lowest BCUT2D eigenvalue weighted by molar-refractivity contribution is -0.131. The van der Waals surface area contributed by atoms with Gasteiger partial charge in [-0.1, -0.05) is 6.92 Å². The number of nitrogens with two attached hydrogens (primary N) is 1. The van der Waals surface area contributed by atoms with Crippen molar-refractivity contribution in [2.45, 2.75) is 39.0 Å². The minimum Gasteiger partial charge on any atom is -0.495 e. The monoisotopic (exact) mass is 319 g/mol. The van der Waals surface area contributed by atoms with Crippen LogP contribution in [0.5, 0.6) is 5.75 Å². The van der Waals surface area contributed by atoms with Crippen molar-refractivity contribution in [2.24, 2.45) is 0 Å². The molecule has 0 atom stereocenters. The number of nitrogen functional groups attached to an aromatic ring is 1. The number of piperidine rings is 1. The van der Waals surface area contributed by atoms with Crippen molar-refractivity contribution < 1.29 is 9.53 Å². The number of methoxy groups -OCH3 is 1. The van der Waals surface area contributed by atoms with Crippen molar-refractivity contribution in [3.05, 3.63) is 23.3 Å². The smallest absolute Gasteiger partial charge is 0.236 e. The van der Waals surface area contributed by atoms with Gasteiger partial charge in [0.15, 0.2) is 0 Å². The number of hydrogen-bond acceptors (Lipinski definition) is 4. The third kappa shape index (κ3) is 4.38. The van der Waals surface area contributed by atoms with Crippen molar-refractivity contribution in [3.63, 3.8) is 0 Å². The molecule has 128 valence electrons. The van der Waals surface area contributed by atoms with Gasteiger partial charge in [0, 0.05) is 13.1 Å². The number of ether oxygens (including phenoxy) is 1. The van der Waals surface area contributed by atoms with E-state index < -0.39 is 0 Å². The van der Waals surface area contributed by atoms with E-state index in [1.807, 2.05) is 11.0 Å². The molecule has 1 aliphatic rings. The van der Waals surface area contributed by atoms with Crippen LogP contribution in [0.1, 0.15) is 43.2 Å².